The number of carbonyl (C=O) groups excluding carboxylic acids is 2. The zero-order valence-electron chi connectivity index (χ0n) is 8.75. The Balaban J connectivity index is 2.31. The van der Waals surface area contributed by atoms with E-state index < -0.39 is 5.92 Å². The minimum atomic E-state index is -0.458. The van der Waals surface area contributed by atoms with E-state index in [2.05, 4.69) is 0 Å². The lowest BCUT2D eigenvalue weighted by Crippen LogP contribution is -2.29. The Morgan fingerprint density at radius 3 is 2.93 bits per heavy atom. The molecule has 1 atom stereocenters. The molecule has 1 aliphatic rings. The van der Waals surface area contributed by atoms with Crippen molar-refractivity contribution < 1.29 is 14.3 Å². The average Bonchev–Trinajstić information content (AvgIpc) is 2.18. The molecule has 0 aromatic heterocycles. The molecule has 0 aliphatic heterocycles. The minimum absolute atomic E-state index is 0.0674. The molecule has 0 aromatic carbocycles. The zero-order valence-corrected chi connectivity index (χ0v) is 8.75. The van der Waals surface area contributed by atoms with Crippen LogP contribution >= 0.6 is 0 Å². The van der Waals surface area contributed by atoms with Crippen LogP contribution in [0.5, 0.6) is 0 Å². The first-order chi connectivity index (χ1) is 6.75. The van der Waals surface area contributed by atoms with Gasteiger partial charge in [-0.15, -0.1) is 0 Å². The maximum Gasteiger partial charge on any atom is 0.316 e. The Labute approximate surface area is 84.8 Å². The van der Waals surface area contributed by atoms with Crippen molar-refractivity contribution in [2.24, 2.45) is 5.92 Å². The van der Waals surface area contributed by atoms with E-state index in [0.717, 1.165) is 25.7 Å². The first-order valence-corrected chi connectivity index (χ1v) is 5.45. The first-order valence-electron chi connectivity index (χ1n) is 5.45. The van der Waals surface area contributed by atoms with Gasteiger partial charge in [0, 0.05) is 6.42 Å². The summed E-state index contributed by atoms with van der Waals surface area (Å²) in [5.74, 6) is -0.693. The highest BCUT2D eigenvalue weighted by molar-refractivity contribution is 5.99. The average molecular weight is 198 g/mol. The van der Waals surface area contributed by atoms with E-state index in [1.54, 1.807) is 0 Å². The number of rotatable bonds is 4. The van der Waals surface area contributed by atoms with E-state index in [-0.39, 0.29) is 11.8 Å². The number of unbranched alkanes of at least 4 members (excludes halogenated alkanes) is 1. The molecule has 1 fully saturated rings. The molecular weight excluding hydrogens is 180 g/mol. The van der Waals surface area contributed by atoms with Crippen LogP contribution in [0.2, 0.25) is 0 Å². The smallest absolute Gasteiger partial charge is 0.316 e. The molecule has 3 heteroatoms. The molecule has 1 aliphatic carbocycles. The molecule has 0 spiro atoms. The molecule has 0 bridgehead atoms. The summed E-state index contributed by atoms with van der Waals surface area (Å²) in [7, 11) is 0. The highest BCUT2D eigenvalue weighted by Crippen LogP contribution is 2.21. The lowest BCUT2D eigenvalue weighted by molar-refractivity contribution is -0.153. The Morgan fingerprint density at radius 1 is 1.50 bits per heavy atom. The molecule has 14 heavy (non-hydrogen) atoms. The van der Waals surface area contributed by atoms with Crippen LogP contribution in [0.4, 0.5) is 0 Å². The van der Waals surface area contributed by atoms with Gasteiger partial charge in [0.05, 0.1) is 6.61 Å². The van der Waals surface area contributed by atoms with Crippen molar-refractivity contribution in [2.75, 3.05) is 6.61 Å². The molecule has 80 valence electrons. The van der Waals surface area contributed by atoms with Crippen molar-refractivity contribution in [2.45, 2.75) is 45.4 Å². The van der Waals surface area contributed by atoms with Gasteiger partial charge in [-0.1, -0.05) is 19.8 Å². The second-order valence-electron chi connectivity index (χ2n) is 3.79. The predicted octanol–water partition coefficient (Wildman–Crippen LogP) is 2.09. The topological polar surface area (TPSA) is 43.4 Å². The highest BCUT2D eigenvalue weighted by Gasteiger charge is 2.29. The number of carbonyl (C=O) groups is 2. The van der Waals surface area contributed by atoms with Crippen molar-refractivity contribution in [3.8, 4) is 0 Å². The second kappa shape index (κ2) is 5.78. The van der Waals surface area contributed by atoms with Crippen LogP contribution in [0.1, 0.15) is 45.4 Å². The summed E-state index contributed by atoms with van der Waals surface area (Å²) in [5, 5.41) is 0. The third-order valence-electron chi connectivity index (χ3n) is 2.58. The van der Waals surface area contributed by atoms with Crippen molar-refractivity contribution >= 4 is 11.8 Å². The molecule has 0 saturated heterocycles. The van der Waals surface area contributed by atoms with Crippen LogP contribution in [0.15, 0.2) is 0 Å². The van der Waals surface area contributed by atoms with Crippen molar-refractivity contribution in [1.82, 2.24) is 0 Å². The summed E-state index contributed by atoms with van der Waals surface area (Å²) >= 11 is 0. The second-order valence-corrected chi connectivity index (χ2v) is 3.79. The fraction of sp³-hybridized carbons (Fsp3) is 0.818. The number of hydrogen-bond donors (Lipinski definition) is 0. The van der Waals surface area contributed by atoms with Crippen molar-refractivity contribution in [3.63, 3.8) is 0 Å². The minimum Gasteiger partial charge on any atom is -0.465 e. The quantitative estimate of drug-likeness (QED) is 0.394. The fourth-order valence-corrected chi connectivity index (χ4v) is 1.65. The van der Waals surface area contributed by atoms with E-state index in [1.807, 2.05) is 6.92 Å². The first kappa shape index (κ1) is 11.2. The number of hydrogen-bond acceptors (Lipinski definition) is 3. The third kappa shape index (κ3) is 3.13. The summed E-state index contributed by atoms with van der Waals surface area (Å²) in [6, 6.07) is 0. The molecule has 1 rings (SSSR count). The zero-order chi connectivity index (χ0) is 10.4. The summed E-state index contributed by atoms with van der Waals surface area (Å²) < 4.78 is 5.03. The lowest BCUT2D eigenvalue weighted by Gasteiger charge is -2.18. The van der Waals surface area contributed by atoms with Gasteiger partial charge in [0.1, 0.15) is 11.7 Å². The van der Waals surface area contributed by atoms with Gasteiger partial charge in [0.25, 0.3) is 0 Å². The van der Waals surface area contributed by atoms with Crippen LogP contribution in [0, 0.1) is 5.92 Å². The highest BCUT2D eigenvalue weighted by atomic mass is 16.5. The van der Waals surface area contributed by atoms with Crippen LogP contribution < -0.4 is 0 Å². The molecule has 0 aromatic rings. The van der Waals surface area contributed by atoms with E-state index in [0.29, 0.717) is 19.4 Å². The summed E-state index contributed by atoms with van der Waals surface area (Å²) in [5.41, 5.74) is 0. The Morgan fingerprint density at radius 2 is 2.29 bits per heavy atom. The Bertz CT molecular complexity index is 211. The van der Waals surface area contributed by atoms with Crippen LogP contribution in [-0.4, -0.2) is 18.4 Å². The normalized spacial score (nSPS) is 22.1. The summed E-state index contributed by atoms with van der Waals surface area (Å²) in [4.78, 5) is 22.8. The maximum absolute atomic E-state index is 11.4. The molecule has 0 heterocycles. The van der Waals surface area contributed by atoms with Gasteiger partial charge in [-0.2, -0.15) is 0 Å². The molecule has 0 amide bonds. The van der Waals surface area contributed by atoms with Gasteiger partial charge >= 0.3 is 5.97 Å². The van der Waals surface area contributed by atoms with Gasteiger partial charge in [0.2, 0.25) is 0 Å². The molecular formula is C11H18O3. The monoisotopic (exact) mass is 198 g/mol. The SMILES string of the molecule is CCCCOC(=O)C1CCCCC1=O. The predicted molar refractivity (Wildman–Crippen MR) is 52.8 cm³/mol. The lowest BCUT2D eigenvalue weighted by atomic mass is 9.88. The van der Waals surface area contributed by atoms with Crippen LogP contribution in [-0.2, 0) is 14.3 Å². The van der Waals surface area contributed by atoms with E-state index >= 15 is 0 Å². The van der Waals surface area contributed by atoms with E-state index in [9.17, 15) is 9.59 Å². The van der Waals surface area contributed by atoms with E-state index in [4.69, 9.17) is 4.74 Å². The van der Waals surface area contributed by atoms with Gasteiger partial charge in [-0.25, -0.2) is 0 Å². The molecule has 0 N–H and O–H groups in total. The van der Waals surface area contributed by atoms with E-state index in [1.165, 1.54) is 0 Å². The Hall–Kier alpha value is -0.860. The molecule has 1 unspecified atom stereocenters. The fourth-order valence-electron chi connectivity index (χ4n) is 1.65. The van der Waals surface area contributed by atoms with Crippen molar-refractivity contribution in [3.05, 3.63) is 0 Å². The number of ketones is 1. The van der Waals surface area contributed by atoms with Gasteiger partial charge < -0.3 is 4.74 Å². The number of Topliss-reactive ketones (excluding diaryl/α,β-unsaturated/α-hetero) is 1. The molecule has 1 saturated carbocycles. The number of esters is 1. The number of ether oxygens (including phenoxy) is 1. The van der Waals surface area contributed by atoms with Crippen LogP contribution in [0.3, 0.4) is 0 Å². The Kier molecular flexibility index (Phi) is 4.63. The summed E-state index contributed by atoms with van der Waals surface area (Å²) in [6.45, 7) is 2.50. The molecule has 3 nitrogen and oxygen atoms in total. The standard InChI is InChI=1S/C11H18O3/c1-2-3-8-14-11(13)9-6-4-5-7-10(9)12/h9H,2-8H2,1H3. The van der Waals surface area contributed by atoms with Crippen molar-refractivity contribution in [1.29, 1.82) is 0 Å². The third-order valence-corrected chi connectivity index (χ3v) is 2.58. The van der Waals surface area contributed by atoms with Gasteiger partial charge in [-0.3, -0.25) is 9.59 Å². The maximum atomic E-state index is 11.4. The molecule has 0 radical (unpaired) electrons. The summed E-state index contributed by atoms with van der Waals surface area (Å²) in [6.07, 6.45) is 5.02. The van der Waals surface area contributed by atoms with Gasteiger partial charge in [0.15, 0.2) is 0 Å². The largest absolute Gasteiger partial charge is 0.465 e. The van der Waals surface area contributed by atoms with Gasteiger partial charge in [-0.05, 0) is 19.3 Å². The van der Waals surface area contributed by atoms with Crippen LogP contribution in [0.25, 0.3) is 0 Å².